The third-order valence-electron chi connectivity index (χ3n) is 6.55. The van der Waals surface area contributed by atoms with Gasteiger partial charge in [0, 0.05) is 52.4 Å². The summed E-state index contributed by atoms with van der Waals surface area (Å²) >= 11 is 0. The molecule has 35 heavy (non-hydrogen) atoms. The predicted octanol–water partition coefficient (Wildman–Crippen LogP) is 2.44. The molecule has 2 rings (SSSR count). The highest BCUT2D eigenvalue weighted by Gasteiger charge is 2.31. The number of hydrogen-bond donors (Lipinski definition) is 1. The molecular formula is C25H43N3O6S. The van der Waals surface area contributed by atoms with E-state index in [4.69, 9.17) is 9.47 Å². The van der Waals surface area contributed by atoms with E-state index in [1.807, 2.05) is 51.0 Å². The molecule has 1 aromatic rings. The highest BCUT2D eigenvalue weighted by Crippen LogP contribution is 2.29. The predicted molar refractivity (Wildman–Crippen MR) is 139 cm³/mol. The lowest BCUT2D eigenvalue weighted by Crippen LogP contribution is -2.47. The maximum absolute atomic E-state index is 13.9. The number of sulfonamides is 1. The summed E-state index contributed by atoms with van der Waals surface area (Å²) in [5.41, 5.74) is 1.31. The van der Waals surface area contributed by atoms with Crippen molar-refractivity contribution in [2.24, 2.45) is 5.92 Å². The number of benzene rings is 1. The molecule has 0 aromatic heterocycles. The largest absolute Gasteiger partial charge is 0.490 e. The summed E-state index contributed by atoms with van der Waals surface area (Å²) in [6, 6.07) is 5.14. The first-order valence-corrected chi connectivity index (χ1v) is 14.1. The third-order valence-corrected chi connectivity index (χ3v) is 7.84. The molecule has 1 amide bonds. The van der Waals surface area contributed by atoms with Crippen molar-refractivity contribution in [2.45, 2.75) is 58.3 Å². The second-order valence-electron chi connectivity index (χ2n) is 9.92. The van der Waals surface area contributed by atoms with Crippen LogP contribution in [0.25, 0.3) is 0 Å². The number of carbonyl (C=O) groups is 1. The van der Waals surface area contributed by atoms with Gasteiger partial charge in [0.1, 0.15) is 5.75 Å². The molecule has 1 aliphatic rings. The van der Waals surface area contributed by atoms with Crippen LogP contribution in [0.1, 0.15) is 50.4 Å². The fourth-order valence-corrected chi connectivity index (χ4v) is 4.46. The van der Waals surface area contributed by atoms with Crippen LogP contribution in [0.3, 0.4) is 0 Å². The van der Waals surface area contributed by atoms with Crippen molar-refractivity contribution in [1.29, 1.82) is 0 Å². The van der Waals surface area contributed by atoms with Crippen molar-refractivity contribution in [3.8, 4) is 5.75 Å². The van der Waals surface area contributed by atoms with Crippen molar-refractivity contribution >= 4 is 21.6 Å². The van der Waals surface area contributed by atoms with Gasteiger partial charge in [-0.25, -0.2) is 12.7 Å². The summed E-state index contributed by atoms with van der Waals surface area (Å²) in [5.74, 6) is 0.106. The Balaban J connectivity index is 2.49. The van der Waals surface area contributed by atoms with Gasteiger partial charge in [0.2, 0.25) is 10.0 Å². The lowest BCUT2D eigenvalue weighted by atomic mass is 10.0. The number of aliphatic hydroxyl groups excluding tert-OH is 1. The molecule has 0 unspecified atom stereocenters. The fraction of sp³-hybridized carbons (Fsp3) is 0.720. The van der Waals surface area contributed by atoms with Gasteiger partial charge in [-0.3, -0.25) is 4.79 Å². The van der Waals surface area contributed by atoms with Crippen molar-refractivity contribution in [1.82, 2.24) is 9.21 Å². The Hall–Kier alpha value is -1.88. The quantitative estimate of drug-likeness (QED) is 0.624. The second-order valence-corrected chi connectivity index (χ2v) is 12.0. The molecule has 4 atom stereocenters. The lowest BCUT2D eigenvalue weighted by molar-refractivity contribution is -0.00828. The van der Waals surface area contributed by atoms with Gasteiger partial charge in [-0.2, -0.15) is 0 Å². The molecule has 10 heteroatoms. The summed E-state index contributed by atoms with van der Waals surface area (Å²) in [6.07, 6.45) is 3.18. The number of fused-ring (bicyclic) bond motifs is 1. The van der Waals surface area contributed by atoms with Crippen molar-refractivity contribution < 1.29 is 27.8 Å². The molecule has 1 N–H and O–H groups in total. The van der Waals surface area contributed by atoms with Crippen LogP contribution >= 0.6 is 0 Å². The number of hydrogen-bond acceptors (Lipinski definition) is 7. The van der Waals surface area contributed by atoms with Crippen LogP contribution in [0.2, 0.25) is 0 Å². The number of likely N-dealkylation sites (N-methyl/N-ethyl adjacent to an activating group) is 1. The molecule has 0 bridgehead atoms. The number of aliphatic hydroxyl groups is 1. The number of carbonyl (C=O) groups excluding carboxylic acids is 1. The molecule has 1 heterocycles. The number of rotatable bonds is 6. The van der Waals surface area contributed by atoms with Gasteiger partial charge in [0.25, 0.3) is 5.91 Å². The fourth-order valence-electron chi connectivity index (χ4n) is 4.04. The average Bonchev–Trinajstić information content (AvgIpc) is 2.79. The number of amides is 1. The minimum Gasteiger partial charge on any atom is -0.490 e. The zero-order valence-electron chi connectivity index (χ0n) is 22.2. The SMILES string of the molecule is C[C@@H]1CCCCO[C@@H](CN(C)S(C)(=O)=O)[C@@H](C)CN([C@H](C)CO)C(=O)c2cc(N(C)C)ccc2O1. The van der Waals surface area contributed by atoms with E-state index in [1.54, 1.807) is 11.8 Å². The molecule has 0 radical (unpaired) electrons. The minimum atomic E-state index is -3.38. The van der Waals surface area contributed by atoms with Crippen LogP contribution < -0.4 is 9.64 Å². The maximum Gasteiger partial charge on any atom is 0.258 e. The summed E-state index contributed by atoms with van der Waals surface area (Å²) < 4.78 is 37.8. The van der Waals surface area contributed by atoms with Crippen molar-refractivity contribution in [2.75, 3.05) is 58.6 Å². The minimum absolute atomic E-state index is 0.0931. The summed E-state index contributed by atoms with van der Waals surface area (Å²) in [4.78, 5) is 17.5. The van der Waals surface area contributed by atoms with E-state index in [0.29, 0.717) is 24.5 Å². The number of ether oxygens (including phenoxy) is 2. The summed E-state index contributed by atoms with van der Waals surface area (Å²) in [5, 5.41) is 9.96. The van der Waals surface area contributed by atoms with E-state index >= 15 is 0 Å². The van der Waals surface area contributed by atoms with Crippen molar-refractivity contribution in [3.05, 3.63) is 23.8 Å². The Morgan fingerprint density at radius 2 is 1.89 bits per heavy atom. The Kier molecular flexibility index (Phi) is 10.8. The van der Waals surface area contributed by atoms with Gasteiger partial charge >= 0.3 is 0 Å². The standard InChI is InChI=1S/C25H43N3O6S/c1-18-15-28(19(2)17-29)25(30)22-14-21(26(4)5)11-12-23(22)34-20(3)10-8-9-13-33-24(18)16-27(6)35(7,31)32/h11-12,14,18-20,24,29H,8-10,13,15-17H2,1-7H3/t18-,19+,20+,24-/m0/s1. The smallest absolute Gasteiger partial charge is 0.258 e. The topological polar surface area (TPSA) is 99.6 Å². The van der Waals surface area contributed by atoms with Gasteiger partial charge in [-0.1, -0.05) is 6.92 Å². The summed E-state index contributed by atoms with van der Waals surface area (Å²) in [6.45, 7) is 6.51. The van der Waals surface area contributed by atoms with Gasteiger partial charge in [-0.15, -0.1) is 0 Å². The second kappa shape index (κ2) is 12.9. The van der Waals surface area contributed by atoms with Crippen LogP contribution in [-0.2, 0) is 14.8 Å². The summed E-state index contributed by atoms with van der Waals surface area (Å²) in [7, 11) is 1.98. The molecule has 0 aliphatic carbocycles. The monoisotopic (exact) mass is 513 g/mol. The Morgan fingerprint density at radius 3 is 2.49 bits per heavy atom. The molecule has 0 saturated carbocycles. The van der Waals surface area contributed by atoms with Gasteiger partial charge < -0.3 is 24.4 Å². The van der Waals surface area contributed by atoms with Gasteiger partial charge in [0.15, 0.2) is 0 Å². The molecule has 200 valence electrons. The molecule has 1 aliphatic heterocycles. The average molecular weight is 514 g/mol. The molecule has 0 saturated heterocycles. The van der Waals surface area contributed by atoms with E-state index in [2.05, 4.69) is 0 Å². The Bertz CT molecular complexity index is 939. The molecule has 1 aromatic carbocycles. The van der Waals surface area contributed by atoms with E-state index in [0.717, 1.165) is 24.9 Å². The third kappa shape index (κ3) is 8.34. The first kappa shape index (κ1) is 29.4. The maximum atomic E-state index is 13.9. The van der Waals surface area contributed by atoms with E-state index in [-0.39, 0.29) is 31.1 Å². The zero-order chi connectivity index (χ0) is 26.3. The van der Waals surface area contributed by atoms with Gasteiger partial charge in [0.05, 0.1) is 36.7 Å². The highest BCUT2D eigenvalue weighted by atomic mass is 32.2. The Labute approximate surface area is 211 Å². The van der Waals surface area contributed by atoms with E-state index in [9.17, 15) is 18.3 Å². The van der Waals surface area contributed by atoms with Crippen LogP contribution in [0.5, 0.6) is 5.75 Å². The molecule has 9 nitrogen and oxygen atoms in total. The first-order chi connectivity index (χ1) is 16.3. The first-order valence-electron chi connectivity index (χ1n) is 12.3. The normalized spacial score (nSPS) is 23.9. The molecule has 0 spiro atoms. The van der Waals surface area contributed by atoms with E-state index in [1.165, 1.54) is 17.6 Å². The van der Waals surface area contributed by atoms with Crippen molar-refractivity contribution in [3.63, 3.8) is 0 Å². The van der Waals surface area contributed by atoms with Crippen LogP contribution in [0.15, 0.2) is 18.2 Å². The lowest BCUT2D eigenvalue weighted by Gasteiger charge is -2.35. The zero-order valence-corrected chi connectivity index (χ0v) is 23.0. The van der Waals surface area contributed by atoms with Crippen LogP contribution in [0.4, 0.5) is 5.69 Å². The van der Waals surface area contributed by atoms with Crippen LogP contribution in [0, 0.1) is 5.92 Å². The molecular weight excluding hydrogens is 470 g/mol. The number of nitrogens with zero attached hydrogens (tertiary/aromatic N) is 3. The Morgan fingerprint density at radius 1 is 1.20 bits per heavy atom. The van der Waals surface area contributed by atoms with E-state index < -0.39 is 22.2 Å². The molecule has 0 fully saturated rings. The van der Waals surface area contributed by atoms with Crippen LogP contribution in [-0.4, -0.2) is 101 Å². The number of anilines is 1. The van der Waals surface area contributed by atoms with Gasteiger partial charge in [-0.05, 0) is 51.3 Å². The highest BCUT2D eigenvalue weighted by molar-refractivity contribution is 7.88.